The molecule has 2 fully saturated rings. The number of carbonyl (C=O) groups is 1. The van der Waals surface area contributed by atoms with Crippen LogP contribution in [0.5, 0.6) is 5.75 Å². The topological polar surface area (TPSA) is 74.8 Å². The maximum absolute atomic E-state index is 13.6. The zero-order valence-corrected chi connectivity index (χ0v) is 20.5. The number of halogens is 2. The molecular formula is C24H30FIN4O2. The van der Waals surface area contributed by atoms with E-state index in [0.717, 1.165) is 36.8 Å². The molecule has 1 amide bonds. The number of benzene rings is 2. The smallest absolute Gasteiger partial charge is 0.258 e. The molecule has 0 spiro atoms. The van der Waals surface area contributed by atoms with Crippen molar-refractivity contribution < 1.29 is 13.9 Å². The van der Waals surface area contributed by atoms with Crippen molar-refractivity contribution in [3.8, 4) is 5.75 Å². The van der Waals surface area contributed by atoms with Crippen molar-refractivity contribution in [3.05, 3.63) is 65.5 Å². The van der Waals surface area contributed by atoms with Gasteiger partial charge in [0.25, 0.3) is 5.91 Å². The van der Waals surface area contributed by atoms with Crippen LogP contribution in [-0.2, 0) is 16.8 Å². The zero-order chi connectivity index (χ0) is 21.7. The predicted molar refractivity (Wildman–Crippen MR) is 134 cm³/mol. The summed E-state index contributed by atoms with van der Waals surface area (Å²) in [6.07, 6.45) is 4.19. The molecule has 0 aromatic heterocycles. The highest BCUT2D eigenvalue weighted by Crippen LogP contribution is 2.47. The highest BCUT2D eigenvalue weighted by molar-refractivity contribution is 14.0. The summed E-state index contributed by atoms with van der Waals surface area (Å²) in [7, 11) is 1.73. The van der Waals surface area contributed by atoms with Crippen LogP contribution in [0.2, 0.25) is 0 Å². The van der Waals surface area contributed by atoms with Crippen molar-refractivity contribution in [2.75, 3.05) is 20.2 Å². The highest BCUT2D eigenvalue weighted by atomic mass is 127. The maximum Gasteiger partial charge on any atom is 0.258 e. The second kappa shape index (κ2) is 11.0. The molecule has 0 aliphatic heterocycles. The van der Waals surface area contributed by atoms with Crippen molar-refractivity contribution in [1.82, 2.24) is 16.0 Å². The van der Waals surface area contributed by atoms with Crippen LogP contribution in [0.1, 0.15) is 36.8 Å². The van der Waals surface area contributed by atoms with Gasteiger partial charge < -0.3 is 20.7 Å². The third-order valence-electron chi connectivity index (χ3n) is 5.78. The lowest BCUT2D eigenvalue weighted by Crippen LogP contribution is -2.40. The molecule has 0 heterocycles. The number of ether oxygens (including phenoxy) is 1. The van der Waals surface area contributed by atoms with Gasteiger partial charge in [0.2, 0.25) is 0 Å². The van der Waals surface area contributed by atoms with E-state index in [1.165, 1.54) is 6.07 Å². The van der Waals surface area contributed by atoms with Crippen LogP contribution in [0.15, 0.2) is 53.5 Å². The Bertz CT molecular complexity index is 961. The van der Waals surface area contributed by atoms with Crippen LogP contribution >= 0.6 is 24.0 Å². The van der Waals surface area contributed by atoms with Crippen LogP contribution < -0.4 is 20.7 Å². The monoisotopic (exact) mass is 552 g/mol. The molecule has 0 radical (unpaired) electrons. The Labute approximate surface area is 205 Å². The molecule has 2 aliphatic carbocycles. The maximum atomic E-state index is 13.6. The first-order chi connectivity index (χ1) is 15.1. The van der Waals surface area contributed by atoms with Gasteiger partial charge in [-0.3, -0.25) is 9.79 Å². The van der Waals surface area contributed by atoms with Crippen molar-refractivity contribution in [2.24, 2.45) is 4.99 Å². The van der Waals surface area contributed by atoms with Gasteiger partial charge in [-0.05, 0) is 61.1 Å². The fourth-order valence-electron chi connectivity index (χ4n) is 3.59. The van der Waals surface area contributed by atoms with Gasteiger partial charge in [-0.2, -0.15) is 0 Å². The number of amides is 1. The minimum atomic E-state index is -0.196. The first kappa shape index (κ1) is 24.3. The first-order valence-corrected chi connectivity index (χ1v) is 10.8. The summed E-state index contributed by atoms with van der Waals surface area (Å²) in [5.41, 5.74) is 2.04. The van der Waals surface area contributed by atoms with Gasteiger partial charge in [0.15, 0.2) is 12.6 Å². The Morgan fingerprint density at radius 3 is 2.62 bits per heavy atom. The van der Waals surface area contributed by atoms with E-state index in [4.69, 9.17) is 4.74 Å². The van der Waals surface area contributed by atoms with Crippen LogP contribution in [0.25, 0.3) is 0 Å². The quantitative estimate of drug-likeness (QED) is 0.253. The largest absolute Gasteiger partial charge is 0.484 e. The zero-order valence-electron chi connectivity index (χ0n) is 18.2. The van der Waals surface area contributed by atoms with Crippen LogP contribution in [0.3, 0.4) is 0 Å². The van der Waals surface area contributed by atoms with Gasteiger partial charge in [0.1, 0.15) is 11.6 Å². The number of guanidine groups is 1. The minimum Gasteiger partial charge on any atom is -0.484 e. The number of hydrogen-bond acceptors (Lipinski definition) is 3. The summed E-state index contributed by atoms with van der Waals surface area (Å²) in [6, 6.07) is 14.9. The van der Waals surface area contributed by atoms with E-state index in [9.17, 15) is 9.18 Å². The predicted octanol–water partition coefficient (Wildman–Crippen LogP) is 3.50. The van der Waals surface area contributed by atoms with Gasteiger partial charge in [0.05, 0.1) is 0 Å². The summed E-state index contributed by atoms with van der Waals surface area (Å²) in [6.45, 7) is 1.30. The standard InChI is InChI=1S/C24H29FN4O2.HI/c1-26-23(28-16-24(10-11-24)18-5-3-6-19(25)13-18)27-14-17-4-2-7-21(12-17)31-15-22(30)29-20-8-9-20;/h2-7,12-13,20H,8-11,14-16H2,1H3,(H,29,30)(H2,26,27,28);1H. The second-order valence-corrected chi connectivity index (χ2v) is 8.35. The number of nitrogens with zero attached hydrogens (tertiary/aromatic N) is 1. The van der Waals surface area contributed by atoms with Crippen molar-refractivity contribution in [2.45, 2.75) is 43.7 Å². The molecule has 2 aromatic carbocycles. The normalized spacial score (nSPS) is 16.5. The number of aliphatic imine (C=N–C) groups is 1. The molecule has 2 saturated carbocycles. The Morgan fingerprint density at radius 1 is 1.16 bits per heavy atom. The molecule has 172 valence electrons. The molecule has 3 N–H and O–H groups in total. The van der Waals surface area contributed by atoms with E-state index in [-0.39, 0.29) is 47.7 Å². The lowest BCUT2D eigenvalue weighted by atomic mass is 9.96. The summed E-state index contributed by atoms with van der Waals surface area (Å²) >= 11 is 0. The van der Waals surface area contributed by atoms with E-state index in [2.05, 4.69) is 20.9 Å². The number of hydrogen-bond donors (Lipinski definition) is 3. The van der Waals surface area contributed by atoms with E-state index < -0.39 is 0 Å². The van der Waals surface area contributed by atoms with Crippen LogP contribution in [-0.4, -0.2) is 38.1 Å². The average molecular weight is 552 g/mol. The number of carbonyl (C=O) groups excluding carboxylic acids is 1. The highest BCUT2D eigenvalue weighted by Gasteiger charge is 2.44. The van der Waals surface area contributed by atoms with Gasteiger partial charge in [0, 0.05) is 31.6 Å². The molecular weight excluding hydrogens is 522 g/mol. The molecule has 0 atom stereocenters. The molecule has 0 bridgehead atoms. The third-order valence-corrected chi connectivity index (χ3v) is 5.78. The summed E-state index contributed by atoms with van der Waals surface area (Å²) in [5.74, 6) is 1.08. The first-order valence-electron chi connectivity index (χ1n) is 10.8. The lowest BCUT2D eigenvalue weighted by Gasteiger charge is -2.19. The van der Waals surface area contributed by atoms with Crippen LogP contribution in [0.4, 0.5) is 4.39 Å². The summed E-state index contributed by atoms with van der Waals surface area (Å²) in [5, 5.41) is 9.59. The fraction of sp³-hybridized carbons (Fsp3) is 0.417. The lowest BCUT2D eigenvalue weighted by molar-refractivity contribution is -0.123. The summed E-state index contributed by atoms with van der Waals surface area (Å²) in [4.78, 5) is 16.1. The second-order valence-electron chi connectivity index (χ2n) is 8.35. The molecule has 0 saturated heterocycles. The Hall–Kier alpha value is -2.36. The number of nitrogens with one attached hydrogen (secondary N) is 3. The number of rotatable bonds is 9. The average Bonchev–Trinajstić information content (AvgIpc) is 3.70. The van der Waals surface area contributed by atoms with Gasteiger partial charge in [-0.1, -0.05) is 24.3 Å². The Balaban J connectivity index is 0.00000289. The molecule has 2 aliphatic rings. The van der Waals surface area contributed by atoms with E-state index in [1.807, 2.05) is 30.3 Å². The van der Waals surface area contributed by atoms with E-state index in [1.54, 1.807) is 19.2 Å². The molecule has 0 unspecified atom stereocenters. The SMILES string of the molecule is CN=C(NCc1cccc(OCC(=O)NC2CC2)c1)NCC1(c2cccc(F)c2)CC1.I. The Kier molecular flexibility index (Phi) is 8.33. The fourth-order valence-corrected chi connectivity index (χ4v) is 3.59. The van der Waals surface area contributed by atoms with Gasteiger partial charge in [-0.15, -0.1) is 24.0 Å². The molecule has 2 aromatic rings. The molecule has 6 nitrogen and oxygen atoms in total. The van der Waals surface area contributed by atoms with E-state index in [0.29, 0.717) is 30.8 Å². The van der Waals surface area contributed by atoms with Gasteiger partial charge in [-0.25, -0.2) is 4.39 Å². The summed E-state index contributed by atoms with van der Waals surface area (Å²) < 4.78 is 19.2. The minimum absolute atomic E-state index is 0. The van der Waals surface area contributed by atoms with Crippen molar-refractivity contribution in [1.29, 1.82) is 0 Å². The third kappa shape index (κ3) is 6.82. The van der Waals surface area contributed by atoms with Crippen molar-refractivity contribution in [3.63, 3.8) is 0 Å². The van der Waals surface area contributed by atoms with Crippen molar-refractivity contribution >= 4 is 35.8 Å². The molecule has 4 rings (SSSR count). The molecule has 8 heteroatoms. The Morgan fingerprint density at radius 2 is 1.94 bits per heavy atom. The van der Waals surface area contributed by atoms with Crippen LogP contribution in [0, 0.1) is 5.82 Å². The molecule has 32 heavy (non-hydrogen) atoms. The van der Waals surface area contributed by atoms with Gasteiger partial charge >= 0.3 is 0 Å². The van der Waals surface area contributed by atoms with E-state index >= 15 is 0 Å².